The third kappa shape index (κ3) is 4.47. The van der Waals surface area contributed by atoms with E-state index in [0.29, 0.717) is 13.0 Å². The van der Waals surface area contributed by atoms with Crippen molar-refractivity contribution in [2.24, 2.45) is 5.92 Å². The fraction of sp³-hybridized carbons (Fsp3) is 0.643. The minimum absolute atomic E-state index is 0. The zero-order valence-corrected chi connectivity index (χ0v) is 15.1. The molecule has 1 aliphatic rings. The summed E-state index contributed by atoms with van der Waals surface area (Å²) in [6, 6.07) is 1.05. The van der Waals surface area contributed by atoms with E-state index in [-0.39, 0.29) is 40.8 Å². The summed E-state index contributed by atoms with van der Waals surface area (Å²) in [7, 11) is -2.53. The fourth-order valence-corrected chi connectivity index (χ4v) is 4.09. The standard InChI is InChI=1S/C14H22N2O5S.ClH/c1-4-11-13(7-12(21-11)14(17)20-3)22(18,19)16-10-8-15-6-5-9(10)2;/h7,9-10,15-16H,4-6,8H2,1-3H3;1H. The van der Waals surface area contributed by atoms with Gasteiger partial charge in [0.2, 0.25) is 15.8 Å². The Kier molecular flexibility index (Phi) is 7.06. The lowest BCUT2D eigenvalue weighted by atomic mass is 9.96. The second-order valence-electron chi connectivity index (χ2n) is 5.44. The maximum absolute atomic E-state index is 12.6. The maximum atomic E-state index is 12.6. The minimum Gasteiger partial charge on any atom is -0.463 e. The van der Waals surface area contributed by atoms with Crippen molar-refractivity contribution in [3.05, 3.63) is 17.6 Å². The van der Waals surface area contributed by atoms with Crippen LogP contribution in [0.5, 0.6) is 0 Å². The Morgan fingerprint density at radius 2 is 2.22 bits per heavy atom. The van der Waals surface area contributed by atoms with Crippen LogP contribution in [0.25, 0.3) is 0 Å². The monoisotopic (exact) mass is 366 g/mol. The predicted octanol–water partition coefficient (Wildman–Crippen LogP) is 1.33. The summed E-state index contributed by atoms with van der Waals surface area (Å²) in [6.45, 7) is 5.26. The first-order valence-corrected chi connectivity index (χ1v) is 8.81. The van der Waals surface area contributed by atoms with Gasteiger partial charge in [0.1, 0.15) is 10.7 Å². The van der Waals surface area contributed by atoms with Gasteiger partial charge in [-0.3, -0.25) is 0 Å². The Balaban J connectivity index is 0.00000264. The molecular weight excluding hydrogens is 344 g/mol. The molecule has 2 unspecified atom stereocenters. The van der Waals surface area contributed by atoms with Crippen molar-refractivity contribution >= 4 is 28.4 Å². The number of esters is 1. The molecule has 2 rings (SSSR count). The van der Waals surface area contributed by atoms with E-state index in [1.165, 1.54) is 13.2 Å². The summed E-state index contributed by atoms with van der Waals surface area (Å²) in [5.41, 5.74) is 0. The topological polar surface area (TPSA) is 97.6 Å². The normalized spacial score (nSPS) is 21.5. The zero-order valence-electron chi connectivity index (χ0n) is 13.4. The number of furan rings is 1. The van der Waals surface area contributed by atoms with Crippen LogP contribution in [0.15, 0.2) is 15.4 Å². The number of carbonyl (C=O) groups is 1. The summed E-state index contributed by atoms with van der Waals surface area (Å²) in [4.78, 5) is 11.5. The third-order valence-electron chi connectivity index (χ3n) is 3.90. The molecule has 2 N–H and O–H groups in total. The van der Waals surface area contributed by atoms with Gasteiger partial charge in [0.25, 0.3) is 0 Å². The molecule has 0 aliphatic carbocycles. The van der Waals surface area contributed by atoms with Crippen LogP contribution >= 0.6 is 12.4 Å². The highest BCUT2D eigenvalue weighted by molar-refractivity contribution is 7.89. The minimum atomic E-state index is -3.75. The van der Waals surface area contributed by atoms with E-state index in [1.54, 1.807) is 6.92 Å². The first kappa shape index (κ1) is 20.0. The SMILES string of the molecule is CCc1oc(C(=O)OC)cc1S(=O)(=O)NC1CNCCC1C.Cl. The molecule has 0 amide bonds. The van der Waals surface area contributed by atoms with Gasteiger partial charge in [-0.25, -0.2) is 17.9 Å². The van der Waals surface area contributed by atoms with Gasteiger partial charge in [0, 0.05) is 25.1 Å². The number of nitrogens with one attached hydrogen (secondary N) is 2. The third-order valence-corrected chi connectivity index (χ3v) is 5.44. The van der Waals surface area contributed by atoms with E-state index >= 15 is 0 Å². The molecule has 1 aromatic rings. The number of methoxy groups -OCH3 is 1. The lowest BCUT2D eigenvalue weighted by Crippen LogP contribution is -2.50. The Labute approximate surface area is 142 Å². The van der Waals surface area contributed by atoms with Crippen LogP contribution in [0.1, 0.15) is 36.6 Å². The molecule has 0 spiro atoms. The molecule has 1 fully saturated rings. The average molecular weight is 367 g/mol. The average Bonchev–Trinajstić information content (AvgIpc) is 2.94. The summed E-state index contributed by atoms with van der Waals surface area (Å²) in [5.74, 6) is -0.296. The highest BCUT2D eigenvalue weighted by Gasteiger charge is 2.30. The van der Waals surface area contributed by atoms with Crippen LogP contribution in [0.3, 0.4) is 0 Å². The highest BCUT2D eigenvalue weighted by atomic mass is 35.5. The Morgan fingerprint density at radius 3 is 2.78 bits per heavy atom. The molecule has 0 radical (unpaired) electrons. The quantitative estimate of drug-likeness (QED) is 0.763. The number of ether oxygens (including phenoxy) is 1. The van der Waals surface area contributed by atoms with Crippen molar-refractivity contribution in [1.29, 1.82) is 0 Å². The summed E-state index contributed by atoms with van der Waals surface area (Å²) in [5, 5.41) is 3.18. The van der Waals surface area contributed by atoms with Crippen molar-refractivity contribution in [2.75, 3.05) is 20.2 Å². The number of piperidine rings is 1. The first-order valence-electron chi connectivity index (χ1n) is 7.33. The molecule has 1 saturated heterocycles. The highest BCUT2D eigenvalue weighted by Crippen LogP contribution is 2.23. The van der Waals surface area contributed by atoms with Crippen molar-refractivity contribution in [2.45, 2.75) is 37.6 Å². The number of hydrogen-bond acceptors (Lipinski definition) is 6. The summed E-state index contributed by atoms with van der Waals surface area (Å²) >= 11 is 0. The predicted molar refractivity (Wildman–Crippen MR) is 87.4 cm³/mol. The van der Waals surface area contributed by atoms with E-state index in [2.05, 4.69) is 14.8 Å². The van der Waals surface area contributed by atoms with Crippen LogP contribution in [-0.2, 0) is 21.2 Å². The molecule has 1 aliphatic heterocycles. The molecular formula is C14H23ClN2O5S. The van der Waals surface area contributed by atoms with Gasteiger partial charge >= 0.3 is 5.97 Å². The molecule has 1 aromatic heterocycles. The fourth-order valence-electron chi connectivity index (χ4n) is 2.50. The summed E-state index contributed by atoms with van der Waals surface area (Å²) < 4.78 is 37.8. The van der Waals surface area contributed by atoms with Crippen LogP contribution < -0.4 is 10.0 Å². The van der Waals surface area contributed by atoms with Crippen LogP contribution in [-0.4, -0.2) is 40.6 Å². The zero-order chi connectivity index (χ0) is 16.3. The van der Waals surface area contributed by atoms with Gasteiger partial charge < -0.3 is 14.5 Å². The van der Waals surface area contributed by atoms with E-state index in [1.807, 2.05) is 6.92 Å². The molecule has 9 heteroatoms. The Morgan fingerprint density at radius 1 is 1.52 bits per heavy atom. The Bertz CT molecular complexity index is 644. The van der Waals surface area contributed by atoms with Crippen LogP contribution in [0, 0.1) is 5.92 Å². The lowest BCUT2D eigenvalue weighted by Gasteiger charge is -2.29. The number of halogens is 1. The van der Waals surface area contributed by atoms with Gasteiger partial charge in [-0.1, -0.05) is 13.8 Å². The van der Waals surface area contributed by atoms with Crippen molar-refractivity contribution in [3.63, 3.8) is 0 Å². The molecule has 132 valence electrons. The van der Waals surface area contributed by atoms with Crippen LogP contribution in [0.2, 0.25) is 0 Å². The van der Waals surface area contributed by atoms with Crippen molar-refractivity contribution < 1.29 is 22.4 Å². The van der Waals surface area contributed by atoms with E-state index < -0.39 is 16.0 Å². The van der Waals surface area contributed by atoms with Gasteiger partial charge in [-0.15, -0.1) is 12.4 Å². The first-order chi connectivity index (χ1) is 10.4. The molecule has 2 heterocycles. The molecule has 7 nitrogen and oxygen atoms in total. The van der Waals surface area contributed by atoms with E-state index in [9.17, 15) is 13.2 Å². The molecule has 2 atom stereocenters. The number of sulfonamides is 1. The smallest absolute Gasteiger partial charge is 0.373 e. The van der Waals surface area contributed by atoms with Crippen LogP contribution in [0.4, 0.5) is 0 Å². The van der Waals surface area contributed by atoms with Crippen molar-refractivity contribution in [3.8, 4) is 0 Å². The Hall–Kier alpha value is -1.09. The molecule has 0 bridgehead atoms. The van der Waals surface area contributed by atoms with Gasteiger partial charge in [0.15, 0.2) is 0 Å². The van der Waals surface area contributed by atoms with Crippen molar-refractivity contribution in [1.82, 2.24) is 10.0 Å². The van der Waals surface area contributed by atoms with E-state index in [4.69, 9.17) is 4.42 Å². The maximum Gasteiger partial charge on any atom is 0.373 e. The number of hydrogen-bond donors (Lipinski definition) is 2. The van der Waals surface area contributed by atoms with Gasteiger partial charge in [-0.2, -0.15) is 0 Å². The number of aryl methyl sites for hydroxylation is 1. The largest absolute Gasteiger partial charge is 0.463 e. The van der Waals surface area contributed by atoms with Gasteiger partial charge in [0.05, 0.1) is 7.11 Å². The molecule has 0 saturated carbocycles. The second kappa shape index (κ2) is 8.14. The molecule has 23 heavy (non-hydrogen) atoms. The summed E-state index contributed by atoms with van der Waals surface area (Å²) in [6.07, 6.45) is 1.28. The molecule has 0 aromatic carbocycles. The van der Waals surface area contributed by atoms with Gasteiger partial charge in [-0.05, 0) is 18.9 Å². The van der Waals surface area contributed by atoms with E-state index in [0.717, 1.165) is 13.0 Å². The number of carbonyl (C=O) groups excluding carboxylic acids is 1. The second-order valence-corrected chi connectivity index (χ2v) is 7.12. The number of rotatable bonds is 5. The lowest BCUT2D eigenvalue weighted by molar-refractivity contribution is 0.0563.